The van der Waals surface area contributed by atoms with Crippen LogP contribution in [0.1, 0.15) is 42.4 Å². The number of nitrogens with zero attached hydrogens (tertiary/aromatic N) is 3. The van der Waals surface area contributed by atoms with Crippen LogP contribution in [0.2, 0.25) is 0 Å². The lowest BCUT2D eigenvalue weighted by molar-refractivity contribution is 0.324. The topological polar surface area (TPSA) is 53.1 Å². The fraction of sp³-hybridized carbons (Fsp3) is 0.355. The molecule has 1 fully saturated rings. The van der Waals surface area contributed by atoms with Gasteiger partial charge < -0.3 is 15.5 Å². The van der Waals surface area contributed by atoms with Crippen LogP contribution in [0.25, 0.3) is 22.0 Å². The number of aromatic nitrogens is 2. The van der Waals surface area contributed by atoms with Gasteiger partial charge in [-0.3, -0.25) is 0 Å². The summed E-state index contributed by atoms with van der Waals surface area (Å²) in [6, 6.07) is 24.5. The molecule has 184 valence electrons. The number of fused-ring (bicyclic) bond motifs is 4. The quantitative estimate of drug-likeness (QED) is 0.300. The normalized spacial score (nSPS) is 18.6. The van der Waals surface area contributed by atoms with E-state index in [1.807, 2.05) is 26.2 Å². The van der Waals surface area contributed by atoms with E-state index in [9.17, 15) is 0 Å². The highest BCUT2D eigenvalue weighted by atomic mass is 15.2. The first-order valence-electron chi connectivity index (χ1n) is 13.3. The molecule has 2 aliphatic carbocycles. The van der Waals surface area contributed by atoms with E-state index in [0.29, 0.717) is 6.04 Å². The lowest BCUT2D eigenvalue weighted by Crippen LogP contribution is -2.31. The van der Waals surface area contributed by atoms with Crippen molar-refractivity contribution in [3.05, 3.63) is 83.4 Å². The molecule has 0 aliphatic heterocycles. The highest BCUT2D eigenvalue weighted by molar-refractivity contribution is 5.90. The Hall–Kier alpha value is -3.44. The number of benzene rings is 3. The number of rotatable bonds is 7. The molecule has 2 N–H and O–H groups in total. The molecule has 0 unspecified atom stereocenters. The first kappa shape index (κ1) is 23.0. The van der Waals surface area contributed by atoms with Gasteiger partial charge in [-0.2, -0.15) is 4.98 Å². The van der Waals surface area contributed by atoms with E-state index in [1.165, 1.54) is 40.7 Å². The number of hydrogen-bond donors (Lipinski definition) is 2. The molecule has 0 spiro atoms. The second-order valence-corrected chi connectivity index (χ2v) is 10.6. The first-order chi connectivity index (χ1) is 17.6. The summed E-state index contributed by atoms with van der Waals surface area (Å²) in [5.41, 5.74) is 8.12. The van der Waals surface area contributed by atoms with Gasteiger partial charge in [0.1, 0.15) is 5.82 Å². The van der Waals surface area contributed by atoms with Gasteiger partial charge >= 0.3 is 0 Å². The zero-order valence-corrected chi connectivity index (χ0v) is 21.3. The van der Waals surface area contributed by atoms with E-state index in [2.05, 4.69) is 70.1 Å². The molecule has 0 atom stereocenters. The Kier molecular flexibility index (Phi) is 6.32. The number of nitrogens with one attached hydrogen (secondary N) is 2. The predicted octanol–water partition coefficient (Wildman–Crippen LogP) is 6.03. The smallest absolute Gasteiger partial charge is 0.225 e. The first-order valence-corrected chi connectivity index (χ1v) is 13.3. The highest BCUT2D eigenvalue weighted by Gasteiger charge is 2.22. The van der Waals surface area contributed by atoms with Gasteiger partial charge in [-0.15, -0.1) is 0 Å². The van der Waals surface area contributed by atoms with E-state index in [4.69, 9.17) is 9.97 Å². The zero-order chi connectivity index (χ0) is 24.5. The maximum absolute atomic E-state index is 4.83. The predicted molar refractivity (Wildman–Crippen MR) is 150 cm³/mol. The van der Waals surface area contributed by atoms with Crippen LogP contribution < -0.4 is 15.5 Å². The van der Waals surface area contributed by atoms with E-state index < -0.39 is 0 Å². The molecule has 4 aromatic rings. The van der Waals surface area contributed by atoms with Crippen LogP contribution in [0.3, 0.4) is 0 Å². The molecule has 0 amide bonds. The third-order valence-corrected chi connectivity index (χ3v) is 7.81. The largest absolute Gasteiger partial charge is 0.362 e. The average molecular weight is 478 g/mol. The highest BCUT2D eigenvalue weighted by Crippen LogP contribution is 2.36. The van der Waals surface area contributed by atoms with Crippen molar-refractivity contribution in [3.8, 4) is 11.1 Å². The number of anilines is 2. The van der Waals surface area contributed by atoms with Crippen molar-refractivity contribution in [1.29, 1.82) is 0 Å². The summed E-state index contributed by atoms with van der Waals surface area (Å²) in [6.07, 6.45) is 5.86. The lowest BCUT2D eigenvalue weighted by Gasteiger charge is -2.29. The minimum Gasteiger partial charge on any atom is -0.362 e. The summed E-state index contributed by atoms with van der Waals surface area (Å²) >= 11 is 0. The number of hydrogen-bond acceptors (Lipinski definition) is 5. The standard InChI is InChI=1S/C31H35N5/c1-36(2)30-28-9-5-6-10-29(28)34-31(35-30)33-25-14-11-21(12-15-25)19-32-20-22-13-16-27-24(17-22)18-23-7-3-4-8-26(23)27/h3-10,13,16-17,21,25,32H,11-12,14-15,18-20H2,1-2H3,(H,33,34,35)/t21-,25+. The number of para-hydroxylation sites is 1. The van der Waals surface area contributed by atoms with Gasteiger partial charge in [0.05, 0.1) is 5.52 Å². The van der Waals surface area contributed by atoms with Crippen molar-refractivity contribution >= 4 is 22.7 Å². The van der Waals surface area contributed by atoms with Crippen molar-refractivity contribution in [2.75, 3.05) is 30.9 Å². The Morgan fingerprint density at radius 3 is 2.47 bits per heavy atom. The second-order valence-electron chi connectivity index (χ2n) is 10.6. The minimum absolute atomic E-state index is 0.441. The van der Waals surface area contributed by atoms with E-state index in [0.717, 1.165) is 60.9 Å². The Labute approximate surface area is 214 Å². The monoisotopic (exact) mass is 477 g/mol. The Balaban J connectivity index is 1.00. The van der Waals surface area contributed by atoms with Crippen LogP contribution in [-0.2, 0) is 13.0 Å². The van der Waals surface area contributed by atoms with E-state index in [-0.39, 0.29) is 0 Å². The van der Waals surface area contributed by atoms with Crippen molar-refractivity contribution in [2.24, 2.45) is 5.92 Å². The van der Waals surface area contributed by atoms with Crippen LogP contribution in [0, 0.1) is 5.92 Å². The third-order valence-electron chi connectivity index (χ3n) is 7.81. The van der Waals surface area contributed by atoms with E-state index >= 15 is 0 Å². The Morgan fingerprint density at radius 1 is 0.833 bits per heavy atom. The zero-order valence-electron chi connectivity index (χ0n) is 21.3. The molecule has 1 heterocycles. The summed E-state index contributed by atoms with van der Waals surface area (Å²) in [6.45, 7) is 2.03. The van der Waals surface area contributed by atoms with Crippen molar-refractivity contribution in [1.82, 2.24) is 15.3 Å². The second kappa shape index (κ2) is 9.90. The summed E-state index contributed by atoms with van der Waals surface area (Å²) in [7, 11) is 4.08. The molecule has 1 saturated carbocycles. The van der Waals surface area contributed by atoms with Gasteiger partial charge in [0, 0.05) is 32.1 Å². The molecule has 3 aromatic carbocycles. The Bertz CT molecular complexity index is 1370. The maximum atomic E-state index is 4.83. The molecule has 0 bridgehead atoms. The maximum Gasteiger partial charge on any atom is 0.225 e. The SMILES string of the molecule is CN(C)c1nc(N[C@H]2CC[C@@H](CNCc3ccc4c(c3)Cc3ccccc3-4)CC2)nc2ccccc12. The van der Waals surface area contributed by atoms with Gasteiger partial charge in [-0.05, 0) is 84.5 Å². The molecule has 5 heteroatoms. The van der Waals surface area contributed by atoms with Crippen molar-refractivity contribution in [3.63, 3.8) is 0 Å². The fourth-order valence-electron chi connectivity index (χ4n) is 5.89. The van der Waals surface area contributed by atoms with Gasteiger partial charge in [0.25, 0.3) is 0 Å². The Morgan fingerprint density at radius 2 is 1.61 bits per heavy atom. The molecule has 6 rings (SSSR count). The van der Waals surface area contributed by atoms with E-state index in [1.54, 1.807) is 0 Å². The summed E-state index contributed by atoms with van der Waals surface area (Å²) in [5, 5.41) is 8.46. The van der Waals surface area contributed by atoms with Crippen LogP contribution >= 0.6 is 0 Å². The molecule has 2 aliphatic rings. The molecular weight excluding hydrogens is 442 g/mol. The fourth-order valence-corrected chi connectivity index (χ4v) is 5.89. The molecule has 0 saturated heterocycles. The van der Waals surface area contributed by atoms with Gasteiger partial charge in [-0.1, -0.05) is 54.6 Å². The van der Waals surface area contributed by atoms with Crippen LogP contribution in [0.5, 0.6) is 0 Å². The van der Waals surface area contributed by atoms with Gasteiger partial charge in [0.2, 0.25) is 5.95 Å². The van der Waals surface area contributed by atoms with Gasteiger partial charge in [-0.25, -0.2) is 4.98 Å². The van der Waals surface area contributed by atoms with Crippen LogP contribution in [0.4, 0.5) is 11.8 Å². The van der Waals surface area contributed by atoms with Crippen molar-refractivity contribution in [2.45, 2.75) is 44.7 Å². The molecule has 1 aromatic heterocycles. The molecule has 36 heavy (non-hydrogen) atoms. The third kappa shape index (κ3) is 4.68. The minimum atomic E-state index is 0.441. The van der Waals surface area contributed by atoms with Crippen LogP contribution in [0.15, 0.2) is 66.7 Å². The van der Waals surface area contributed by atoms with Gasteiger partial charge in [0.15, 0.2) is 0 Å². The summed E-state index contributed by atoms with van der Waals surface area (Å²) in [4.78, 5) is 11.7. The summed E-state index contributed by atoms with van der Waals surface area (Å²) in [5.74, 6) is 2.45. The van der Waals surface area contributed by atoms with Crippen molar-refractivity contribution < 1.29 is 0 Å². The molecular formula is C31H35N5. The lowest BCUT2D eigenvalue weighted by atomic mass is 9.86. The average Bonchev–Trinajstić information content (AvgIpc) is 3.27. The molecule has 0 radical (unpaired) electrons. The summed E-state index contributed by atoms with van der Waals surface area (Å²) < 4.78 is 0. The molecule has 5 nitrogen and oxygen atoms in total. The van der Waals surface area contributed by atoms with Crippen LogP contribution in [-0.4, -0.2) is 36.6 Å².